The number of benzene rings is 2. The van der Waals surface area contributed by atoms with E-state index in [1.807, 2.05) is 42.6 Å². The highest BCUT2D eigenvalue weighted by Crippen LogP contribution is 2.33. The molecule has 0 saturated heterocycles. The van der Waals surface area contributed by atoms with Crippen LogP contribution in [0.15, 0.2) is 100 Å². The lowest BCUT2D eigenvalue weighted by Crippen LogP contribution is -2.27. The average molecular weight is 735 g/mol. The molecular weight excluding hydrogens is 705 g/mol. The van der Waals surface area contributed by atoms with Crippen LogP contribution < -0.4 is 15.4 Å². The number of nitrogens with one attached hydrogen (secondary N) is 2. The predicted molar refractivity (Wildman–Crippen MR) is 184 cm³/mol. The van der Waals surface area contributed by atoms with Crippen LogP contribution >= 0.6 is 27.3 Å². The summed E-state index contributed by atoms with van der Waals surface area (Å²) in [6.07, 6.45) is 5.37. The number of hydrogen-bond acceptors (Lipinski definition) is 11. The van der Waals surface area contributed by atoms with Gasteiger partial charge in [-0.3, -0.25) is 4.98 Å². The maximum atomic E-state index is 13.5. The third-order valence-corrected chi connectivity index (χ3v) is 10.4. The maximum Gasteiger partial charge on any atom is 0.196 e. The number of thiazole rings is 1. The van der Waals surface area contributed by atoms with Crippen molar-refractivity contribution in [3.8, 4) is 17.1 Å². The lowest BCUT2D eigenvalue weighted by molar-refractivity contribution is 0.303. The summed E-state index contributed by atoms with van der Waals surface area (Å²) >= 11 is 5.06. The molecule has 0 saturated carbocycles. The van der Waals surface area contributed by atoms with Crippen LogP contribution in [0.3, 0.4) is 0 Å². The molecule has 240 valence electrons. The molecule has 0 spiro atoms. The Bertz CT molecular complexity index is 2120. The van der Waals surface area contributed by atoms with Gasteiger partial charge in [-0.05, 0) is 76.4 Å². The summed E-state index contributed by atoms with van der Waals surface area (Å²) in [6.45, 7) is 2.52. The number of rotatable bonds is 13. The zero-order valence-electron chi connectivity index (χ0n) is 25.1. The van der Waals surface area contributed by atoms with Crippen LogP contribution in [0.1, 0.15) is 30.0 Å². The molecule has 1 unspecified atom stereocenters. The van der Waals surface area contributed by atoms with Gasteiger partial charge in [0.1, 0.15) is 35.3 Å². The average Bonchev–Trinajstić information content (AvgIpc) is 3.57. The molecule has 14 heteroatoms. The van der Waals surface area contributed by atoms with E-state index in [9.17, 15) is 12.8 Å². The second-order valence-electron chi connectivity index (χ2n) is 10.5. The quantitative estimate of drug-likeness (QED) is 0.125. The van der Waals surface area contributed by atoms with E-state index in [1.54, 1.807) is 24.4 Å². The van der Waals surface area contributed by atoms with Gasteiger partial charge in [0.2, 0.25) is 0 Å². The van der Waals surface area contributed by atoms with E-state index in [4.69, 9.17) is 9.72 Å². The minimum atomic E-state index is -3.49. The van der Waals surface area contributed by atoms with Crippen LogP contribution in [0.5, 0.6) is 5.75 Å². The van der Waals surface area contributed by atoms with E-state index in [-0.39, 0.29) is 35.8 Å². The number of ether oxygens (including phenoxy) is 1. The van der Waals surface area contributed by atoms with E-state index in [0.717, 1.165) is 32.5 Å². The van der Waals surface area contributed by atoms with Crippen LogP contribution in [-0.4, -0.2) is 45.6 Å². The van der Waals surface area contributed by atoms with Gasteiger partial charge in [0.15, 0.2) is 14.9 Å². The highest BCUT2D eigenvalue weighted by molar-refractivity contribution is 9.10. The third-order valence-electron chi connectivity index (χ3n) is 7.21. The van der Waals surface area contributed by atoms with Crippen LogP contribution in [-0.2, 0) is 16.4 Å². The Morgan fingerprint density at radius 1 is 1.00 bits per heavy atom. The van der Waals surface area contributed by atoms with Gasteiger partial charge in [0.05, 0.1) is 39.4 Å². The van der Waals surface area contributed by atoms with E-state index in [1.165, 1.54) is 42.1 Å². The number of anilines is 2. The molecule has 6 rings (SSSR count). The highest BCUT2D eigenvalue weighted by atomic mass is 79.9. The van der Waals surface area contributed by atoms with Crippen molar-refractivity contribution in [1.29, 1.82) is 0 Å². The molecular formula is C33H29BrFN7O3S2. The summed E-state index contributed by atoms with van der Waals surface area (Å²) in [4.78, 5) is 22.3. The van der Waals surface area contributed by atoms with Crippen molar-refractivity contribution in [2.24, 2.45) is 0 Å². The van der Waals surface area contributed by atoms with Crippen LogP contribution in [0, 0.1) is 5.82 Å². The first kappa shape index (κ1) is 32.6. The van der Waals surface area contributed by atoms with Gasteiger partial charge >= 0.3 is 0 Å². The molecule has 4 heterocycles. The van der Waals surface area contributed by atoms with Gasteiger partial charge in [0.25, 0.3) is 0 Å². The topological polar surface area (TPSA) is 132 Å². The fourth-order valence-corrected chi connectivity index (χ4v) is 7.36. The zero-order chi connectivity index (χ0) is 32.8. The number of hydrogen-bond donors (Lipinski definition) is 2. The molecule has 47 heavy (non-hydrogen) atoms. The number of fused-ring (bicyclic) bond motifs is 1. The van der Waals surface area contributed by atoms with Gasteiger partial charge in [-0.25, -0.2) is 32.7 Å². The number of nitrogens with zero attached hydrogens (tertiary/aromatic N) is 5. The van der Waals surface area contributed by atoms with E-state index < -0.39 is 9.84 Å². The smallest absolute Gasteiger partial charge is 0.196 e. The number of sulfone groups is 1. The molecule has 0 aliphatic carbocycles. The largest absolute Gasteiger partial charge is 0.488 e. The van der Waals surface area contributed by atoms with E-state index >= 15 is 0 Å². The standard InChI is InChI=1S/C33H29BrFN7O3S2/c1-2-26(36-12-13-47(43,44)31-8-3-4-11-37-31)33-42-29(19-46-33)27-16-24-28(17-38-27)39-20-40-32(24)41-23-9-10-30(25(34)15-23)45-18-21-6-5-7-22(35)14-21/h3-11,14-17,19-20,26,36H,2,12-13,18H2,1H3,(H,39,40,41). The van der Waals surface area contributed by atoms with Crippen molar-refractivity contribution < 1.29 is 17.5 Å². The highest BCUT2D eigenvalue weighted by Gasteiger charge is 2.19. The number of aromatic nitrogens is 5. The zero-order valence-corrected chi connectivity index (χ0v) is 28.3. The second-order valence-corrected chi connectivity index (χ2v) is 14.3. The fourth-order valence-electron chi connectivity index (χ4n) is 4.79. The minimum absolute atomic E-state index is 0.0675. The monoisotopic (exact) mass is 733 g/mol. The number of halogens is 2. The van der Waals surface area contributed by atoms with Gasteiger partial charge < -0.3 is 15.4 Å². The Hall–Kier alpha value is -4.37. The first-order valence-corrected chi connectivity index (χ1v) is 18.0. The molecule has 0 fully saturated rings. The Morgan fingerprint density at radius 2 is 1.89 bits per heavy atom. The predicted octanol–water partition coefficient (Wildman–Crippen LogP) is 7.28. The van der Waals surface area contributed by atoms with Gasteiger partial charge in [-0.15, -0.1) is 11.3 Å². The molecule has 0 aliphatic heterocycles. The van der Waals surface area contributed by atoms with E-state index in [0.29, 0.717) is 28.5 Å². The Labute approximate surface area is 283 Å². The molecule has 2 N–H and O–H groups in total. The molecule has 10 nitrogen and oxygen atoms in total. The molecule has 0 radical (unpaired) electrons. The van der Waals surface area contributed by atoms with Crippen LogP contribution in [0.25, 0.3) is 22.3 Å². The summed E-state index contributed by atoms with van der Waals surface area (Å²) in [5.74, 6) is 0.840. The van der Waals surface area contributed by atoms with Crippen molar-refractivity contribution >= 4 is 59.5 Å². The van der Waals surface area contributed by atoms with Crippen molar-refractivity contribution in [3.63, 3.8) is 0 Å². The maximum absolute atomic E-state index is 13.5. The fraction of sp³-hybridized carbons (Fsp3) is 0.182. The Morgan fingerprint density at radius 3 is 2.68 bits per heavy atom. The van der Waals surface area contributed by atoms with Crippen LogP contribution in [0.4, 0.5) is 15.9 Å². The Kier molecular flexibility index (Phi) is 10.1. The first-order valence-electron chi connectivity index (χ1n) is 14.7. The summed E-state index contributed by atoms with van der Waals surface area (Å²) < 4.78 is 45.4. The molecule has 0 amide bonds. The van der Waals surface area contributed by atoms with Crippen molar-refractivity contribution in [1.82, 2.24) is 30.2 Å². The SMILES string of the molecule is CCC(NCCS(=O)(=O)c1ccccn1)c1nc(-c2cc3c(Nc4ccc(OCc5cccc(F)c5)c(Br)c4)ncnc3cn2)cs1. The van der Waals surface area contributed by atoms with Crippen molar-refractivity contribution in [3.05, 3.63) is 112 Å². The first-order chi connectivity index (χ1) is 22.8. The van der Waals surface area contributed by atoms with Gasteiger partial charge in [-0.1, -0.05) is 25.1 Å². The Balaban J connectivity index is 1.14. The van der Waals surface area contributed by atoms with E-state index in [2.05, 4.69) is 46.5 Å². The summed E-state index contributed by atoms with van der Waals surface area (Å²) in [5, 5.41) is 10.3. The lowest BCUT2D eigenvalue weighted by Gasteiger charge is -2.14. The summed E-state index contributed by atoms with van der Waals surface area (Å²) in [6, 6.07) is 18.5. The molecule has 2 aromatic carbocycles. The molecule has 0 aliphatic rings. The molecule has 1 atom stereocenters. The molecule has 6 aromatic rings. The minimum Gasteiger partial charge on any atom is -0.488 e. The second kappa shape index (κ2) is 14.6. The summed E-state index contributed by atoms with van der Waals surface area (Å²) in [7, 11) is -3.49. The number of pyridine rings is 2. The normalized spacial score (nSPS) is 12.2. The van der Waals surface area contributed by atoms with Crippen LogP contribution in [0.2, 0.25) is 0 Å². The lowest BCUT2D eigenvalue weighted by atomic mass is 10.2. The van der Waals surface area contributed by atoms with Gasteiger partial charge in [-0.2, -0.15) is 0 Å². The summed E-state index contributed by atoms with van der Waals surface area (Å²) in [5.41, 5.74) is 3.53. The van der Waals surface area contributed by atoms with Gasteiger partial charge in [0, 0.05) is 29.2 Å². The van der Waals surface area contributed by atoms with Crippen molar-refractivity contribution in [2.45, 2.75) is 31.0 Å². The molecule has 0 bridgehead atoms. The third kappa shape index (κ3) is 7.96. The molecule has 4 aromatic heterocycles. The van der Waals surface area contributed by atoms with Crippen molar-refractivity contribution in [2.75, 3.05) is 17.6 Å².